The molecule has 2 atom stereocenters. The highest BCUT2D eigenvalue weighted by Gasteiger charge is 2.29. The number of halogens is 2. The summed E-state index contributed by atoms with van der Waals surface area (Å²) in [5, 5.41) is 11.4. The number of carbonyl (C=O) groups is 1. The van der Waals surface area contributed by atoms with Crippen molar-refractivity contribution in [2.45, 2.75) is 6.04 Å². The molecule has 11 heavy (non-hydrogen) atoms. The van der Waals surface area contributed by atoms with Gasteiger partial charge >= 0.3 is 5.97 Å². The van der Waals surface area contributed by atoms with Gasteiger partial charge in [0.25, 0.3) is 0 Å². The minimum Gasteiger partial charge on any atom is -0.481 e. The number of hydrogen-bond donors (Lipinski definition) is 3. The summed E-state index contributed by atoms with van der Waals surface area (Å²) >= 11 is 0. The van der Waals surface area contributed by atoms with Gasteiger partial charge in [0, 0.05) is 19.1 Å². The average Bonchev–Trinajstić information content (AvgIpc) is 2.13. The van der Waals surface area contributed by atoms with Crippen LogP contribution in [-0.2, 0) is 4.79 Å². The number of aliphatic carboxylic acids is 1. The Labute approximate surface area is 77.3 Å². The molecular formula is C5H12Cl2N2O2. The maximum Gasteiger partial charge on any atom is 0.309 e. The molecule has 1 aliphatic rings. The van der Waals surface area contributed by atoms with Crippen molar-refractivity contribution in [2.24, 2.45) is 11.7 Å². The summed E-state index contributed by atoms with van der Waals surface area (Å²) in [6, 6.07) is -0.206. The van der Waals surface area contributed by atoms with Crippen molar-refractivity contribution >= 4 is 30.8 Å². The van der Waals surface area contributed by atoms with E-state index in [1.807, 2.05) is 0 Å². The topological polar surface area (TPSA) is 75.3 Å². The Hall–Kier alpha value is -0.0300. The standard InChI is InChI=1S/C5H10N2O2.2ClH/c6-4-2-7-1-3(4)5(8)9;;/h3-4,7H,1-2,6H2,(H,8,9);2*1H/t3-,4+;;/m0../s1. The zero-order valence-corrected chi connectivity index (χ0v) is 7.45. The van der Waals surface area contributed by atoms with E-state index >= 15 is 0 Å². The normalized spacial score (nSPS) is 28.5. The van der Waals surface area contributed by atoms with E-state index in [0.717, 1.165) is 0 Å². The predicted octanol–water partition coefficient (Wildman–Crippen LogP) is -0.539. The van der Waals surface area contributed by atoms with Crippen molar-refractivity contribution in [3.05, 3.63) is 0 Å². The number of carboxylic acid groups (broad SMARTS) is 1. The van der Waals surface area contributed by atoms with Crippen LogP contribution in [0.4, 0.5) is 0 Å². The quantitative estimate of drug-likeness (QED) is 0.535. The van der Waals surface area contributed by atoms with Gasteiger partial charge in [-0.3, -0.25) is 4.79 Å². The van der Waals surface area contributed by atoms with Gasteiger partial charge < -0.3 is 16.2 Å². The van der Waals surface area contributed by atoms with Crippen LogP contribution in [0.1, 0.15) is 0 Å². The Morgan fingerprint density at radius 3 is 2.18 bits per heavy atom. The second kappa shape index (κ2) is 5.60. The first-order chi connectivity index (χ1) is 4.22. The first kappa shape index (κ1) is 13.6. The summed E-state index contributed by atoms with van der Waals surface area (Å²) in [4.78, 5) is 10.3. The van der Waals surface area contributed by atoms with Crippen LogP contribution in [0.2, 0.25) is 0 Å². The van der Waals surface area contributed by atoms with E-state index in [1.54, 1.807) is 0 Å². The van der Waals surface area contributed by atoms with Gasteiger partial charge in [0.05, 0.1) is 5.92 Å². The number of carboxylic acids is 1. The van der Waals surface area contributed by atoms with E-state index < -0.39 is 5.97 Å². The van der Waals surface area contributed by atoms with Crippen LogP contribution in [0.5, 0.6) is 0 Å². The minimum absolute atomic E-state index is 0. The molecule has 1 rings (SSSR count). The molecule has 0 aromatic heterocycles. The van der Waals surface area contributed by atoms with E-state index in [-0.39, 0.29) is 36.8 Å². The summed E-state index contributed by atoms with van der Waals surface area (Å²) < 4.78 is 0. The van der Waals surface area contributed by atoms with Crippen molar-refractivity contribution < 1.29 is 9.90 Å². The molecule has 1 saturated heterocycles. The maximum atomic E-state index is 10.3. The molecule has 0 aromatic rings. The third-order valence-electron chi connectivity index (χ3n) is 1.58. The highest BCUT2D eigenvalue weighted by Crippen LogP contribution is 2.05. The Kier molecular flexibility index (Phi) is 6.90. The first-order valence-corrected chi connectivity index (χ1v) is 2.91. The number of hydrogen-bond acceptors (Lipinski definition) is 3. The van der Waals surface area contributed by atoms with Crippen molar-refractivity contribution in [3.8, 4) is 0 Å². The fourth-order valence-electron chi connectivity index (χ4n) is 0.970. The molecule has 0 unspecified atom stereocenters. The van der Waals surface area contributed by atoms with Crippen molar-refractivity contribution in [2.75, 3.05) is 13.1 Å². The molecule has 0 radical (unpaired) electrons. The van der Waals surface area contributed by atoms with Crippen molar-refractivity contribution in [1.29, 1.82) is 0 Å². The summed E-state index contributed by atoms with van der Waals surface area (Å²) in [5.41, 5.74) is 5.44. The fourth-order valence-corrected chi connectivity index (χ4v) is 0.970. The molecule has 0 saturated carbocycles. The lowest BCUT2D eigenvalue weighted by Gasteiger charge is -2.06. The van der Waals surface area contributed by atoms with Crippen LogP contribution in [0.3, 0.4) is 0 Å². The number of nitrogens with two attached hydrogens (primary N) is 1. The van der Waals surface area contributed by atoms with Crippen molar-refractivity contribution in [1.82, 2.24) is 5.32 Å². The molecule has 4 N–H and O–H groups in total. The molecule has 0 amide bonds. The van der Waals surface area contributed by atoms with E-state index in [0.29, 0.717) is 13.1 Å². The Balaban J connectivity index is 0. The summed E-state index contributed by atoms with van der Waals surface area (Å²) in [6.45, 7) is 1.13. The zero-order valence-electron chi connectivity index (χ0n) is 5.82. The number of nitrogens with one attached hydrogen (secondary N) is 1. The van der Waals surface area contributed by atoms with E-state index in [4.69, 9.17) is 10.8 Å². The van der Waals surface area contributed by atoms with Crippen LogP contribution < -0.4 is 11.1 Å². The van der Waals surface area contributed by atoms with E-state index in [2.05, 4.69) is 5.32 Å². The lowest BCUT2D eigenvalue weighted by molar-refractivity contribution is -0.141. The van der Waals surface area contributed by atoms with Gasteiger partial charge in [0.2, 0.25) is 0 Å². The van der Waals surface area contributed by atoms with Gasteiger partial charge in [0.1, 0.15) is 0 Å². The van der Waals surface area contributed by atoms with Crippen LogP contribution in [0.15, 0.2) is 0 Å². The third kappa shape index (κ3) is 3.25. The van der Waals surface area contributed by atoms with Gasteiger partial charge in [-0.25, -0.2) is 0 Å². The first-order valence-electron chi connectivity index (χ1n) is 2.91. The van der Waals surface area contributed by atoms with Crippen LogP contribution >= 0.6 is 24.8 Å². The predicted molar refractivity (Wildman–Crippen MR) is 46.5 cm³/mol. The monoisotopic (exact) mass is 202 g/mol. The lowest BCUT2D eigenvalue weighted by Crippen LogP contribution is -2.33. The maximum absolute atomic E-state index is 10.3. The van der Waals surface area contributed by atoms with Gasteiger partial charge in [-0.2, -0.15) is 0 Å². The summed E-state index contributed by atoms with van der Waals surface area (Å²) in [7, 11) is 0. The third-order valence-corrected chi connectivity index (χ3v) is 1.58. The average molecular weight is 203 g/mol. The largest absolute Gasteiger partial charge is 0.481 e. The van der Waals surface area contributed by atoms with Gasteiger partial charge in [0.15, 0.2) is 0 Å². The second-order valence-corrected chi connectivity index (χ2v) is 2.27. The smallest absolute Gasteiger partial charge is 0.309 e. The molecular weight excluding hydrogens is 191 g/mol. The Morgan fingerprint density at radius 1 is 1.45 bits per heavy atom. The molecule has 1 heterocycles. The molecule has 0 aliphatic carbocycles. The molecule has 4 nitrogen and oxygen atoms in total. The highest BCUT2D eigenvalue weighted by atomic mass is 35.5. The lowest BCUT2D eigenvalue weighted by atomic mass is 10.1. The minimum atomic E-state index is -0.799. The molecule has 0 spiro atoms. The second-order valence-electron chi connectivity index (χ2n) is 2.27. The SMILES string of the molecule is Cl.Cl.N[C@@H]1CNC[C@@H]1C(=O)O. The molecule has 0 bridgehead atoms. The highest BCUT2D eigenvalue weighted by molar-refractivity contribution is 5.85. The van der Waals surface area contributed by atoms with Gasteiger partial charge in [-0.1, -0.05) is 0 Å². The van der Waals surface area contributed by atoms with Gasteiger partial charge in [-0.05, 0) is 0 Å². The van der Waals surface area contributed by atoms with Crippen molar-refractivity contribution in [3.63, 3.8) is 0 Å². The van der Waals surface area contributed by atoms with Crippen LogP contribution in [0.25, 0.3) is 0 Å². The molecule has 0 aromatic carbocycles. The molecule has 1 fully saturated rings. The summed E-state index contributed by atoms with van der Waals surface area (Å²) in [5.74, 6) is -1.18. The Bertz CT molecular complexity index is 134. The molecule has 6 heteroatoms. The van der Waals surface area contributed by atoms with Crippen LogP contribution in [0, 0.1) is 5.92 Å². The molecule has 68 valence electrons. The van der Waals surface area contributed by atoms with Crippen LogP contribution in [-0.4, -0.2) is 30.2 Å². The Morgan fingerprint density at radius 2 is 2.00 bits per heavy atom. The van der Waals surface area contributed by atoms with E-state index in [9.17, 15) is 4.79 Å². The fraction of sp³-hybridized carbons (Fsp3) is 0.800. The van der Waals surface area contributed by atoms with E-state index in [1.165, 1.54) is 0 Å². The zero-order chi connectivity index (χ0) is 6.85. The summed E-state index contributed by atoms with van der Waals surface area (Å²) in [6.07, 6.45) is 0. The van der Waals surface area contributed by atoms with Gasteiger partial charge in [-0.15, -0.1) is 24.8 Å². The molecule has 1 aliphatic heterocycles. The number of rotatable bonds is 1.